The number of hydrogen-bond acceptors (Lipinski definition) is 3. The van der Waals surface area contributed by atoms with Gasteiger partial charge in [-0.3, -0.25) is 9.59 Å². The summed E-state index contributed by atoms with van der Waals surface area (Å²) in [6.45, 7) is 2.17. The zero-order chi connectivity index (χ0) is 15.4. The number of aromatic nitrogens is 1. The summed E-state index contributed by atoms with van der Waals surface area (Å²) in [7, 11) is 0. The minimum absolute atomic E-state index is 0.00820. The van der Waals surface area contributed by atoms with Crippen LogP contribution in [0, 0.1) is 5.92 Å². The van der Waals surface area contributed by atoms with Gasteiger partial charge in [-0.2, -0.15) is 11.3 Å². The molecule has 0 unspecified atom stereocenters. The molecule has 0 atom stereocenters. The van der Waals surface area contributed by atoms with Crippen LogP contribution in [0.15, 0.2) is 35.2 Å². The molecule has 2 amide bonds. The second kappa shape index (κ2) is 6.79. The number of carbonyl (C=O) groups is 2. The number of amides is 2. The molecule has 0 bridgehead atoms. The highest BCUT2D eigenvalue weighted by molar-refractivity contribution is 7.08. The van der Waals surface area contributed by atoms with Gasteiger partial charge in [0.2, 0.25) is 0 Å². The van der Waals surface area contributed by atoms with Gasteiger partial charge in [-0.15, -0.1) is 0 Å². The smallest absolute Gasteiger partial charge is 0.270 e. The summed E-state index contributed by atoms with van der Waals surface area (Å²) >= 11 is 1.52. The number of likely N-dealkylation sites (tertiary alicyclic amines) is 1. The normalized spacial score (nSPS) is 15.7. The third-order valence-corrected chi connectivity index (χ3v) is 4.75. The molecule has 0 saturated carbocycles. The summed E-state index contributed by atoms with van der Waals surface area (Å²) in [6.07, 6.45) is 3.62. The molecule has 116 valence electrons. The first kappa shape index (κ1) is 14.8. The van der Waals surface area contributed by atoms with E-state index in [1.54, 1.807) is 12.3 Å². The van der Waals surface area contributed by atoms with Gasteiger partial charge in [-0.25, -0.2) is 0 Å². The van der Waals surface area contributed by atoms with Gasteiger partial charge in [0, 0.05) is 36.8 Å². The molecule has 0 spiro atoms. The Balaban J connectivity index is 1.44. The summed E-state index contributed by atoms with van der Waals surface area (Å²) in [4.78, 5) is 29.0. The van der Waals surface area contributed by atoms with Crippen LogP contribution >= 0.6 is 11.3 Å². The second-order valence-corrected chi connectivity index (χ2v) is 6.32. The minimum Gasteiger partial charge on any atom is -0.357 e. The summed E-state index contributed by atoms with van der Waals surface area (Å²) in [5.41, 5.74) is 1.37. The molecule has 2 aromatic rings. The van der Waals surface area contributed by atoms with Crippen molar-refractivity contribution < 1.29 is 9.59 Å². The van der Waals surface area contributed by atoms with Crippen LogP contribution in [0.5, 0.6) is 0 Å². The number of nitrogens with zero attached hydrogens (tertiary/aromatic N) is 1. The van der Waals surface area contributed by atoms with Crippen LogP contribution in [0.3, 0.4) is 0 Å². The molecular weight excluding hydrogens is 298 g/mol. The lowest BCUT2D eigenvalue weighted by molar-refractivity contribution is 0.0679. The molecule has 22 heavy (non-hydrogen) atoms. The fraction of sp³-hybridized carbons (Fsp3) is 0.375. The third kappa shape index (κ3) is 3.39. The minimum atomic E-state index is -0.00820. The molecular formula is C16H19N3O2S. The van der Waals surface area contributed by atoms with Crippen molar-refractivity contribution in [2.45, 2.75) is 12.8 Å². The molecule has 1 fully saturated rings. The zero-order valence-electron chi connectivity index (χ0n) is 12.2. The standard InChI is InChI=1S/C16H19N3O2S/c20-15(13-5-9-22-11-13)18-10-12-3-7-19(8-4-12)16(21)14-2-1-6-17-14/h1-2,5-6,9,11-12,17H,3-4,7-8,10H2,(H,18,20). The van der Waals surface area contributed by atoms with Gasteiger partial charge in [0.05, 0.1) is 0 Å². The fourth-order valence-electron chi connectivity index (χ4n) is 2.71. The van der Waals surface area contributed by atoms with Crippen molar-refractivity contribution in [2.24, 2.45) is 5.92 Å². The molecule has 1 saturated heterocycles. The molecule has 1 aliphatic heterocycles. The lowest BCUT2D eigenvalue weighted by Crippen LogP contribution is -2.41. The maximum Gasteiger partial charge on any atom is 0.270 e. The van der Waals surface area contributed by atoms with Gasteiger partial charge in [-0.05, 0) is 42.3 Å². The molecule has 1 aliphatic rings. The fourth-order valence-corrected chi connectivity index (χ4v) is 3.34. The van der Waals surface area contributed by atoms with Crippen LogP contribution in [-0.4, -0.2) is 41.3 Å². The van der Waals surface area contributed by atoms with Crippen LogP contribution in [0.4, 0.5) is 0 Å². The van der Waals surface area contributed by atoms with Gasteiger partial charge in [0.15, 0.2) is 0 Å². The van der Waals surface area contributed by atoms with Crippen molar-refractivity contribution in [1.82, 2.24) is 15.2 Å². The van der Waals surface area contributed by atoms with Crippen molar-refractivity contribution in [2.75, 3.05) is 19.6 Å². The Morgan fingerprint density at radius 1 is 1.32 bits per heavy atom. The van der Waals surface area contributed by atoms with E-state index >= 15 is 0 Å². The number of carbonyl (C=O) groups excluding carboxylic acids is 2. The molecule has 3 heterocycles. The third-order valence-electron chi connectivity index (χ3n) is 4.06. The van der Waals surface area contributed by atoms with E-state index < -0.39 is 0 Å². The van der Waals surface area contributed by atoms with Crippen molar-refractivity contribution in [3.8, 4) is 0 Å². The van der Waals surface area contributed by atoms with E-state index in [4.69, 9.17) is 0 Å². The lowest BCUT2D eigenvalue weighted by Gasteiger charge is -2.31. The summed E-state index contributed by atoms with van der Waals surface area (Å²) in [6, 6.07) is 5.47. The number of H-pyrrole nitrogens is 1. The Morgan fingerprint density at radius 3 is 2.77 bits per heavy atom. The maximum absolute atomic E-state index is 12.2. The van der Waals surface area contributed by atoms with Crippen molar-refractivity contribution in [1.29, 1.82) is 0 Å². The number of aromatic amines is 1. The molecule has 0 aromatic carbocycles. The van der Waals surface area contributed by atoms with E-state index in [0.29, 0.717) is 18.2 Å². The average molecular weight is 317 g/mol. The van der Waals surface area contributed by atoms with Crippen LogP contribution < -0.4 is 5.32 Å². The first-order valence-corrected chi connectivity index (χ1v) is 8.41. The van der Waals surface area contributed by atoms with Gasteiger partial charge in [-0.1, -0.05) is 0 Å². The van der Waals surface area contributed by atoms with Crippen LogP contribution in [0.2, 0.25) is 0 Å². The predicted molar refractivity (Wildman–Crippen MR) is 86.1 cm³/mol. The van der Waals surface area contributed by atoms with Gasteiger partial charge in [0.1, 0.15) is 5.69 Å². The quantitative estimate of drug-likeness (QED) is 0.909. The van der Waals surface area contributed by atoms with Crippen LogP contribution in [0.1, 0.15) is 33.7 Å². The Labute approximate surface area is 133 Å². The highest BCUT2D eigenvalue weighted by atomic mass is 32.1. The number of nitrogens with one attached hydrogen (secondary N) is 2. The van der Waals surface area contributed by atoms with Crippen molar-refractivity contribution in [3.05, 3.63) is 46.4 Å². The molecule has 0 radical (unpaired) electrons. The SMILES string of the molecule is O=C(NCC1CCN(C(=O)c2ccc[nH]2)CC1)c1ccsc1. The van der Waals surface area contributed by atoms with Crippen molar-refractivity contribution >= 4 is 23.2 Å². The summed E-state index contributed by atoms with van der Waals surface area (Å²) in [5, 5.41) is 6.74. The van der Waals surface area contributed by atoms with Gasteiger partial charge < -0.3 is 15.2 Å². The summed E-state index contributed by atoms with van der Waals surface area (Å²) < 4.78 is 0. The summed E-state index contributed by atoms with van der Waals surface area (Å²) in [5.74, 6) is 0.493. The molecule has 2 aromatic heterocycles. The first-order valence-electron chi connectivity index (χ1n) is 7.47. The molecule has 3 rings (SSSR count). The number of piperidine rings is 1. The Hall–Kier alpha value is -2.08. The number of hydrogen-bond donors (Lipinski definition) is 2. The maximum atomic E-state index is 12.2. The predicted octanol–water partition coefficient (Wildman–Crippen LogP) is 2.36. The van der Waals surface area contributed by atoms with E-state index in [1.165, 1.54) is 11.3 Å². The highest BCUT2D eigenvalue weighted by Gasteiger charge is 2.24. The first-order chi connectivity index (χ1) is 10.7. The van der Waals surface area contributed by atoms with Crippen LogP contribution in [-0.2, 0) is 0 Å². The monoisotopic (exact) mass is 317 g/mol. The number of thiophene rings is 1. The molecule has 6 heteroatoms. The van der Waals surface area contributed by atoms with Crippen molar-refractivity contribution in [3.63, 3.8) is 0 Å². The topological polar surface area (TPSA) is 65.2 Å². The van der Waals surface area contributed by atoms with Gasteiger partial charge >= 0.3 is 0 Å². The molecule has 0 aliphatic carbocycles. The van der Waals surface area contributed by atoms with Crippen LogP contribution in [0.25, 0.3) is 0 Å². The van der Waals surface area contributed by atoms with E-state index in [-0.39, 0.29) is 11.8 Å². The average Bonchev–Trinajstić information content (AvgIpc) is 3.25. The zero-order valence-corrected chi connectivity index (χ0v) is 13.1. The van der Waals surface area contributed by atoms with Gasteiger partial charge in [0.25, 0.3) is 11.8 Å². The van der Waals surface area contributed by atoms with E-state index in [1.807, 2.05) is 27.8 Å². The molecule has 2 N–H and O–H groups in total. The Morgan fingerprint density at radius 2 is 2.14 bits per heavy atom. The number of rotatable bonds is 4. The van der Waals surface area contributed by atoms with E-state index in [0.717, 1.165) is 31.5 Å². The largest absolute Gasteiger partial charge is 0.357 e. The molecule has 5 nitrogen and oxygen atoms in total. The lowest BCUT2D eigenvalue weighted by atomic mass is 9.96. The van der Waals surface area contributed by atoms with E-state index in [9.17, 15) is 9.59 Å². The Kier molecular flexibility index (Phi) is 4.58. The highest BCUT2D eigenvalue weighted by Crippen LogP contribution is 2.18. The Bertz CT molecular complexity index is 614. The van der Waals surface area contributed by atoms with E-state index in [2.05, 4.69) is 10.3 Å². The second-order valence-electron chi connectivity index (χ2n) is 5.54.